The number of aromatic nitrogens is 2. The Morgan fingerprint density at radius 2 is 1.48 bits per heavy atom. The van der Waals surface area contributed by atoms with Crippen molar-refractivity contribution in [1.82, 2.24) is 14.9 Å². The Hall–Kier alpha value is -3.81. The summed E-state index contributed by atoms with van der Waals surface area (Å²) < 4.78 is 5.36. The van der Waals surface area contributed by atoms with Gasteiger partial charge in [0.05, 0.1) is 29.4 Å². The smallest absolute Gasteiger partial charge is 0.410 e. The van der Waals surface area contributed by atoms with E-state index in [2.05, 4.69) is 9.97 Å². The van der Waals surface area contributed by atoms with Gasteiger partial charge in [0, 0.05) is 24.5 Å². The van der Waals surface area contributed by atoms with Gasteiger partial charge in [0.15, 0.2) is 0 Å². The van der Waals surface area contributed by atoms with Gasteiger partial charge in [0.1, 0.15) is 5.75 Å². The van der Waals surface area contributed by atoms with Gasteiger partial charge < -0.3 is 4.74 Å². The number of non-ortho nitro benzene ring substituents is 1. The highest BCUT2D eigenvalue weighted by molar-refractivity contribution is 5.70. The van der Waals surface area contributed by atoms with Crippen molar-refractivity contribution in [2.75, 3.05) is 0 Å². The number of carbonyl (C=O) groups is 1. The Morgan fingerprint density at radius 3 is 1.93 bits per heavy atom. The summed E-state index contributed by atoms with van der Waals surface area (Å²) in [5.74, 6) is 0.220. The highest BCUT2D eigenvalue weighted by Crippen LogP contribution is 2.19. The molecule has 8 nitrogen and oxygen atoms in total. The Kier molecular flexibility index (Phi) is 5.68. The quantitative estimate of drug-likeness (QED) is 0.490. The summed E-state index contributed by atoms with van der Waals surface area (Å²) in [5.41, 5.74) is 1.33. The van der Waals surface area contributed by atoms with E-state index in [1.165, 1.54) is 29.2 Å². The molecule has 0 aliphatic heterocycles. The third kappa shape index (κ3) is 5.08. The fourth-order valence-corrected chi connectivity index (χ4v) is 2.36. The molecule has 0 unspecified atom stereocenters. The average molecular weight is 364 g/mol. The van der Waals surface area contributed by atoms with Crippen LogP contribution in [-0.2, 0) is 13.1 Å². The van der Waals surface area contributed by atoms with Crippen LogP contribution in [0.15, 0.2) is 73.1 Å². The van der Waals surface area contributed by atoms with Crippen LogP contribution in [0.5, 0.6) is 5.75 Å². The van der Waals surface area contributed by atoms with E-state index in [4.69, 9.17) is 4.74 Å². The molecule has 3 aromatic rings. The predicted octanol–water partition coefficient (Wildman–Crippen LogP) is 3.59. The molecule has 0 aliphatic carbocycles. The van der Waals surface area contributed by atoms with Crippen LogP contribution in [0.2, 0.25) is 0 Å². The third-order valence-electron chi connectivity index (χ3n) is 3.67. The van der Waals surface area contributed by atoms with Gasteiger partial charge in [-0.3, -0.25) is 25.0 Å². The van der Waals surface area contributed by atoms with Gasteiger partial charge in [-0.05, 0) is 36.4 Å². The molecular weight excluding hydrogens is 348 g/mol. The summed E-state index contributed by atoms with van der Waals surface area (Å²) in [6.07, 6.45) is 2.70. The molecule has 0 spiro atoms. The van der Waals surface area contributed by atoms with Crippen molar-refractivity contribution in [2.45, 2.75) is 13.1 Å². The van der Waals surface area contributed by atoms with E-state index < -0.39 is 11.0 Å². The first kappa shape index (κ1) is 18.0. The molecule has 0 fully saturated rings. The molecule has 0 radical (unpaired) electrons. The minimum Gasteiger partial charge on any atom is -0.410 e. The number of ether oxygens (including phenoxy) is 1. The van der Waals surface area contributed by atoms with E-state index in [1.54, 1.807) is 24.5 Å². The molecule has 0 atom stereocenters. The number of hydrogen-bond donors (Lipinski definition) is 0. The largest absolute Gasteiger partial charge is 0.415 e. The topological polar surface area (TPSA) is 98.5 Å². The van der Waals surface area contributed by atoms with Crippen LogP contribution in [0.3, 0.4) is 0 Å². The summed E-state index contributed by atoms with van der Waals surface area (Å²) in [6.45, 7) is 0.479. The number of nitro benzene ring substituents is 1. The summed E-state index contributed by atoms with van der Waals surface area (Å²) in [5, 5.41) is 10.7. The Labute approximate surface area is 155 Å². The molecule has 27 heavy (non-hydrogen) atoms. The van der Waals surface area contributed by atoms with Crippen molar-refractivity contribution >= 4 is 11.8 Å². The van der Waals surface area contributed by atoms with E-state index in [0.717, 1.165) is 0 Å². The van der Waals surface area contributed by atoms with E-state index in [9.17, 15) is 14.9 Å². The van der Waals surface area contributed by atoms with Gasteiger partial charge in [0.25, 0.3) is 5.69 Å². The number of hydrogen-bond acceptors (Lipinski definition) is 6. The number of nitrogens with zero attached hydrogens (tertiary/aromatic N) is 4. The molecule has 2 heterocycles. The zero-order valence-corrected chi connectivity index (χ0v) is 14.3. The molecule has 3 rings (SSSR count). The van der Waals surface area contributed by atoms with E-state index in [-0.39, 0.29) is 24.5 Å². The molecule has 1 amide bonds. The van der Waals surface area contributed by atoms with E-state index >= 15 is 0 Å². The maximum Gasteiger partial charge on any atom is 0.415 e. The first-order chi connectivity index (χ1) is 13.1. The Morgan fingerprint density at radius 1 is 0.926 bits per heavy atom. The maximum absolute atomic E-state index is 12.7. The highest BCUT2D eigenvalue weighted by Gasteiger charge is 2.18. The van der Waals surface area contributed by atoms with Gasteiger partial charge in [-0.25, -0.2) is 4.79 Å². The highest BCUT2D eigenvalue weighted by atomic mass is 16.6. The minimum absolute atomic E-state index is 0.0753. The molecule has 136 valence electrons. The van der Waals surface area contributed by atoms with Crippen molar-refractivity contribution < 1.29 is 14.5 Å². The summed E-state index contributed by atoms with van der Waals surface area (Å²) in [6, 6.07) is 16.2. The SMILES string of the molecule is O=C(Oc1ccc([N+](=O)[O-])cc1)N(Cc1ccccn1)Cc1ccccn1. The van der Waals surface area contributed by atoms with Gasteiger partial charge >= 0.3 is 6.09 Å². The minimum atomic E-state index is -0.597. The van der Waals surface area contributed by atoms with E-state index in [1.807, 2.05) is 24.3 Å². The first-order valence-corrected chi connectivity index (χ1v) is 8.13. The Balaban J connectivity index is 1.76. The van der Waals surface area contributed by atoms with Crippen LogP contribution in [0, 0.1) is 10.1 Å². The monoisotopic (exact) mass is 364 g/mol. The molecule has 1 aromatic carbocycles. The lowest BCUT2D eigenvalue weighted by Crippen LogP contribution is -2.33. The number of benzene rings is 1. The second kappa shape index (κ2) is 8.52. The number of rotatable bonds is 6. The van der Waals surface area contributed by atoms with Crippen LogP contribution in [0.1, 0.15) is 11.4 Å². The molecule has 2 aromatic heterocycles. The first-order valence-electron chi connectivity index (χ1n) is 8.13. The lowest BCUT2D eigenvalue weighted by atomic mass is 10.3. The second-order valence-electron chi connectivity index (χ2n) is 5.62. The fraction of sp³-hybridized carbons (Fsp3) is 0.105. The summed E-state index contributed by atoms with van der Waals surface area (Å²) in [4.78, 5) is 32.8. The molecule has 0 saturated heterocycles. The van der Waals surface area contributed by atoms with Crippen molar-refractivity contribution in [3.8, 4) is 5.75 Å². The lowest BCUT2D eigenvalue weighted by molar-refractivity contribution is -0.384. The predicted molar refractivity (Wildman–Crippen MR) is 96.8 cm³/mol. The van der Waals surface area contributed by atoms with Gasteiger partial charge in [-0.1, -0.05) is 12.1 Å². The number of amides is 1. The van der Waals surface area contributed by atoms with Crippen LogP contribution in [-0.4, -0.2) is 25.9 Å². The summed E-state index contributed by atoms with van der Waals surface area (Å²) >= 11 is 0. The van der Waals surface area contributed by atoms with Crippen molar-refractivity contribution in [1.29, 1.82) is 0 Å². The molecule has 8 heteroatoms. The molecule has 0 aliphatic rings. The van der Waals surface area contributed by atoms with E-state index in [0.29, 0.717) is 11.4 Å². The standard InChI is InChI=1S/C19H16N4O4/c24-19(27-18-9-7-17(8-10-18)23(25)26)22(13-15-5-1-3-11-20-15)14-16-6-2-4-12-21-16/h1-12H,13-14H2. The van der Waals surface area contributed by atoms with Crippen molar-refractivity contribution in [3.05, 3.63) is 94.6 Å². The van der Waals surface area contributed by atoms with Gasteiger partial charge in [-0.15, -0.1) is 0 Å². The number of carbonyl (C=O) groups excluding carboxylic acids is 1. The fourth-order valence-electron chi connectivity index (χ4n) is 2.36. The average Bonchev–Trinajstić information content (AvgIpc) is 2.69. The van der Waals surface area contributed by atoms with Crippen LogP contribution in [0.25, 0.3) is 0 Å². The van der Waals surface area contributed by atoms with Gasteiger partial charge in [-0.2, -0.15) is 0 Å². The third-order valence-corrected chi connectivity index (χ3v) is 3.67. The van der Waals surface area contributed by atoms with Crippen LogP contribution in [0.4, 0.5) is 10.5 Å². The van der Waals surface area contributed by atoms with Crippen molar-refractivity contribution in [2.24, 2.45) is 0 Å². The number of pyridine rings is 2. The maximum atomic E-state index is 12.7. The summed E-state index contributed by atoms with van der Waals surface area (Å²) in [7, 11) is 0. The Bertz CT molecular complexity index is 861. The molecule has 0 bridgehead atoms. The van der Waals surface area contributed by atoms with Crippen molar-refractivity contribution in [3.63, 3.8) is 0 Å². The normalized spacial score (nSPS) is 10.2. The lowest BCUT2D eigenvalue weighted by Gasteiger charge is -2.21. The molecular formula is C19H16N4O4. The zero-order chi connectivity index (χ0) is 19.1. The van der Waals surface area contributed by atoms with Crippen LogP contribution >= 0.6 is 0 Å². The number of nitro groups is 1. The van der Waals surface area contributed by atoms with Gasteiger partial charge in [0.2, 0.25) is 0 Å². The van der Waals surface area contributed by atoms with Crippen LogP contribution < -0.4 is 4.74 Å². The second-order valence-corrected chi connectivity index (χ2v) is 5.62. The molecule has 0 N–H and O–H groups in total. The zero-order valence-electron chi connectivity index (χ0n) is 14.3. The molecule has 0 saturated carbocycles.